The predicted molar refractivity (Wildman–Crippen MR) is 78.8 cm³/mol. The van der Waals surface area contributed by atoms with E-state index in [0.717, 1.165) is 11.5 Å². The normalized spacial score (nSPS) is 10.7. The van der Waals surface area contributed by atoms with Gasteiger partial charge in [0.15, 0.2) is 0 Å². The van der Waals surface area contributed by atoms with Crippen molar-refractivity contribution < 1.29 is 8.83 Å². The van der Waals surface area contributed by atoms with Crippen molar-refractivity contribution in [3.63, 3.8) is 0 Å². The maximum Gasteiger partial charge on any atom is 0.223 e. The highest BCUT2D eigenvalue weighted by Gasteiger charge is 2.14. The lowest BCUT2D eigenvalue weighted by Crippen LogP contribution is -2.23. The molecule has 0 aromatic carbocycles. The van der Waals surface area contributed by atoms with E-state index in [4.69, 9.17) is 26.2 Å². The SMILES string of the molecule is Nc1nc(Cl)cc(N(Cc2ccco2)Cc2ccco2)n1. The van der Waals surface area contributed by atoms with Gasteiger partial charge in [-0.3, -0.25) is 0 Å². The fourth-order valence-corrected chi connectivity index (χ4v) is 2.17. The first-order valence-corrected chi connectivity index (χ1v) is 6.68. The lowest BCUT2D eigenvalue weighted by atomic mass is 10.3. The zero-order valence-electron chi connectivity index (χ0n) is 11.1. The van der Waals surface area contributed by atoms with Crippen LogP contribution in [0.1, 0.15) is 11.5 Å². The van der Waals surface area contributed by atoms with Crippen molar-refractivity contribution in [3.8, 4) is 0 Å². The maximum absolute atomic E-state index is 5.95. The number of nitrogens with two attached hydrogens (primary N) is 1. The Morgan fingerprint density at radius 1 is 1.05 bits per heavy atom. The summed E-state index contributed by atoms with van der Waals surface area (Å²) in [7, 11) is 0. The number of aromatic nitrogens is 2. The number of hydrogen-bond acceptors (Lipinski definition) is 6. The molecule has 0 aliphatic rings. The van der Waals surface area contributed by atoms with Crippen LogP contribution in [0.3, 0.4) is 0 Å². The van der Waals surface area contributed by atoms with Gasteiger partial charge in [0.1, 0.15) is 22.5 Å². The highest BCUT2D eigenvalue weighted by molar-refractivity contribution is 6.29. The van der Waals surface area contributed by atoms with Gasteiger partial charge in [0.2, 0.25) is 5.95 Å². The van der Waals surface area contributed by atoms with Gasteiger partial charge in [-0.2, -0.15) is 4.98 Å². The summed E-state index contributed by atoms with van der Waals surface area (Å²) in [4.78, 5) is 10.0. The minimum absolute atomic E-state index is 0.126. The van der Waals surface area contributed by atoms with E-state index in [1.807, 2.05) is 29.2 Å². The standard InChI is InChI=1S/C14H13ClN4O2/c15-12-7-13(18-14(16)17-12)19(8-10-3-1-5-20-10)9-11-4-2-6-21-11/h1-7H,8-9H2,(H2,16,17,18). The maximum atomic E-state index is 5.95. The van der Waals surface area contributed by atoms with E-state index in [1.54, 1.807) is 18.6 Å². The molecule has 0 radical (unpaired) electrons. The van der Waals surface area contributed by atoms with Crippen LogP contribution in [0.15, 0.2) is 51.7 Å². The van der Waals surface area contributed by atoms with Crippen LogP contribution in [-0.2, 0) is 13.1 Å². The first-order chi connectivity index (χ1) is 10.2. The fraction of sp³-hybridized carbons (Fsp3) is 0.143. The first kappa shape index (κ1) is 13.5. The molecule has 0 fully saturated rings. The van der Waals surface area contributed by atoms with Gasteiger partial charge in [-0.15, -0.1) is 0 Å². The molecule has 0 saturated heterocycles. The monoisotopic (exact) mass is 304 g/mol. The van der Waals surface area contributed by atoms with Gasteiger partial charge in [0.25, 0.3) is 0 Å². The molecular weight excluding hydrogens is 292 g/mol. The molecule has 2 N–H and O–H groups in total. The van der Waals surface area contributed by atoms with Crippen LogP contribution in [0.25, 0.3) is 0 Å². The Balaban J connectivity index is 1.90. The summed E-state index contributed by atoms with van der Waals surface area (Å²) in [6.07, 6.45) is 3.25. The van der Waals surface area contributed by atoms with E-state index < -0.39 is 0 Å². The third-order valence-electron chi connectivity index (χ3n) is 2.88. The van der Waals surface area contributed by atoms with Crippen molar-refractivity contribution in [1.29, 1.82) is 0 Å². The van der Waals surface area contributed by atoms with Gasteiger partial charge in [-0.1, -0.05) is 11.6 Å². The summed E-state index contributed by atoms with van der Waals surface area (Å²) in [6.45, 7) is 1.03. The zero-order valence-corrected chi connectivity index (χ0v) is 11.8. The highest BCUT2D eigenvalue weighted by atomic mass is 35.5. The van der Waals surface area contributed by atoms with Gasteiger partial charge in [0.05, 0.1) is 25.6 Å². The quantitative estimate of drug-likeness (QED) is 0.729. The third kappa shape index (κ3) is 3.35. The van der Waals surface area contributed by atoms with E-state index in [-0.39, 0.29) is 5.95 Å². The lowest BCUT2D eigenvalue weighted by Gasteiger charge is -2.21. The van der Waals surface area contributed by atoms with Gasteiger partial charge >= 0.3 is 0 Å². The predicted octanol–water partition coefficient (Wildman–Crippen LogP) is 3.11. The van der Waals surface area contributed by atoms with Gasteiger partial charge in [-0.25, -0.2) is 4.98 Å². The molecule has 0 atom stereocenters. The van der Waals surface area contributed by atoms with E-state index in [9.17, 15) is 0 Å². The van der Waals surface area contributed by atoms with Crippen LogP contribution in [0, 0.1) is 0 Å². The number of hydrogen-bond donors (Lipinski definition) is 1. The number of nitrogen functional groups attached to an aromatic ring is 1. The minimum Gasteiger partial charge on any atom is -0.467 e. The molecular formula is C14H13ClN4O2. The molecule has 3 heterocycles. The lowest BCUT2D eigenvalue weighted by molar-refractivity contribution is 0.475. The molecule has 3 aromatic rings. The minimum atomic E-state index is 0.126. The summed E-state index contributed by atoms with van der Waals surface area (Å²) in [6, 6.07) is 9.11. The molecule has 21 heavy (non-hydrogen) atoms. The topological polar surface area (TPSA) is 81.3 Å². The second kappa shape index (κ2) is 5.88. The van der Waals surface area contributed by atoms with Crippen molar-refractivity contribution >= 4 is 23.4 Å². The van der Waals surface area contributed by atoms with Gasteiger partial charge in [-0.05, 0) is 24.3 Å². The van der Waals surface area contributed by atoms with E-state index in [2.05, 4.69) is 9.97 Å². The smallest absolute Gasteiger partial charge is 0.223 e. The molecule has 108 valence electrons. The van der Waals surface area contributed by atoms with Crippen molar-refractivity contribution in [2.75, 3.05) is 10.6 Å². The Morgan fingerprint density at radius 2 is 1.67 bits per heavy atom. The molecule has 0 unspecified atom stereocenters. The Bertz CT molecular complexity index is 641. The summed E-state index contributed by atoms with van der Waals surface area (Å²) in [5, 5.41) is 0.293. The summed E-state index contributed by atoms with van der Waals surface area (Å²) in [5.74, 6) is 2.34. The summed E-state index contributed by atoms with van der Waals surface area (Å²) >= 11 is 5.95. The highest BCUT2D eigenvalue weighted by Crippen LogP contribution is 2.22. The number of anilines is 2. The molecule has 0 aliphatic heterocycles. The molecule has 6 nitrogen and oxygen atoms in total. The van der Waals surface area contributed by atoms with E-state index in [1.165, 1.54) is 0 Å². The van der Waals surface area contributed by atoms with Gasteiger partial charge < -0.3 is 19.5 Å². The van der Waals surface area contributed by atoms with Crippen molar-refractivity contribution in [2.24, 2.45) is 0 Å². The zero-order chi connectivity index (χ0) is 14.7. The Labute approximate surface area is 126 Å². The third-order valence-corrected chi connectivity index (χ3v) is 3.07. The number of nitrogens with zero attached hydrogens (tertiary/aromatic N) is 3. The van der Waals surface area contributed by atoms with Crippen molar-refractivity contribution in [2.45, 2.75) is 13.1 Å². The number of halogens is 1. The Hall–Kier alpha value is -2.47. The Morgan fingerprint density at radius 3 is 2.14 bits per heavy atom. The van der Waals surface area contributed by atoms with Crippen LogP contribution in [0.5, 0.6) is 0 Å². The average Bonchev–Trinajstić information content (AvgIpc) is 3.10. The molecule has 0 saturated carbocycles. The summed E-state index contributed by atoms with van der Waals surface area (Å²) in [5.41, 5.74) is 5.66. The molecule has 0 aliphatic carbocycles. The molecule has 7 heteroatoms. The fourth-order valence-electron chi connectivity index (χ4n) is 1.98. The van der Waals surface area contributed by atoms with Gasteiger partial charge in [0, 0.05) is 6.07 Å². The molecule has 3 aromatic heterocycles. The molecule has 0 bridgehead atoms. The average molecular weight is 305 g/mol. The second-order valence-electron chi connectivity index (χ2n) is 4.42. The van der Waals surface area contributed by atoms with Crippen LogP contribution >= 0.6 is 11.6 Å². The van der Waals surface area contributed by atoms with Crippen LogP contribution in [0.2, 0.25) is 5.15 Å². The number of furan rings is 2. The molecule has 3 rings (SSSR count). The van der Waals surface area contributed by atoms with Crippen LogP contribution < -0.4 is 10.6 Å². The molecule has 0 spiro atoms. The van der Waals surface area contributed by atoms with E-state index >= 15 is 0 Å². The largest absolute Gasteiger partial charge is 0.467 e. The Kier molecular flexibility index (Phi) is 3.79. The van der Waals surface area contributed by atoms with Crippen LogP contribution in [-0.4, -0.2) is 9.97 Å². The van der Waals surface area contributed by atoms with Crippen LogP contribution in [0.4, 0.5) is 11.8 Å². The first-order valence-electron chi connectivity index (χ1n) is 6.30. The van der Waals surface area contributed by atoms with Crippen molar-refractivity contribution in [3.05, 3.63) is 59.5 Å². The molecule has 0 amide bonds. The second-order valence-corrected chi connectivity index (χ2v) is 4.81. The van der Waals surface area contributed by atoms with E-state index in [0.29, 0.717) is 24.1 Å². The number of rotatable bonds is 5. The summed E-state index contributed by atoms with van der Waals surface area (Å²) < 4.78 is 10.8. The van der Waals surface area contributed by atoms with Crippen molar-refractivity contribution in [1.82, 2.24) is 9.97 Å².